The molecule has 5 aromatic rings. The molecule has 0 saturated carbocycles. The van der Waals surface area contributed by atoms with E-state index in [4.69, 9.17) is 27.9 Å². The van der Waals surface area contributed by atoms with Crippen molar-refractivity contribution in [3.8, 4) is 28.0 Å². The molecule has 49 heavy (non-hydrogen) atoms. The Hall–Kier alpha value is -4.38. The van der Waals surface area contributed by atoms with Gasteiger partial charge in [-0.05, 0) is 52.9 Å². The van der Waals surface area contributed by atoms with Crippen molar-refractivity contribution in [3.05, 3.63) is 112 Å². The van der Waals surface area contributed by atoms with E-state index in [1.54, 1.807) is 13.2 Å². The standard InChI is InChI=1S/C38H38Cl2N4O5/c1-49-35-17-26(32(39)16-25(35)19-42-33(22-45)38(47)48)21-44-15-14-30-29(5-3-7-34(30)44)31-6-2-4-28(37(31)40)24-10-8-23(9-11-24)18-41-20-27-12-13-36(46)43-27/h2-11,14-17,27,33,41-42,45H,12-13,18-22H2,1H3,(H,43,46)(H,47,48)/t27?,33-/m0/s1. The maximum Gasteiger partial charge on any atom is 0.323 e. The first kappa shape index (κ1) is 34.5. The van der Waals surface area contributed by atoms with E-state index in [-0.39, 0.29) is 18.5 Å². The topological polar surface area (TPSA) is 125 Å². The summed E-state index contributed by atoms with van der Waals surface area (Å²) >= 11 is 13.9. The predicted molar refractivity (Wildman–Crippen MR) is 193 cm³/mol. The Labute approximate surface area is 294 Å². The Morgan fingerprint density at radius 1 is 1.00 bits per heavy atom. The number of amides is 1. The zero-order valence-corrected chi connectivity index (χ0v) is 28.5. The summed E-state index contributed by atoms with van der Waals surface area (Å²) in [5, 5.41) is 30.1. The maximum atomic E-state index is 11.4. The molecule has 2 atom stereocenters. The minimum Gasteiger partial charge on any atom is -0.496 e. The zero-order chi connectivity index (χ0) is 34.5. The van der Waals surface area contributed by atoms with E-state index in [2.05, 4.69) is 63.0 Å². The van der Waals surface area contributed by atoms with Crippen LogP contribution < -0.4 is 20.7 Å². The zero-order valence-electron chi connectivity index (χ0n) is 27.0. The summed E-state index contributed by atoms with van der Waals surface area (Å²) in [5.41, 5.74) is 7.63. The van der Waals surface area contributed by atoms with E-state index in [1.807, 2.05) is 36.5 Å². The lowest BCUT2D eigenvalue weighted by Crippen LogP contribution is -2.39. The van der Waals surface area contributed by atoms with Gasteiger partial charge in [0.15, 0.2) is 0 Å². The SMILES string of the molecule is COc1cc(Cn2ccc3c(-c4cccc(-c5ccc(CNCC6CCC(=O)N6)cc5)c4Cl)cccc32)c(Cl)cc1CN[C@@H](CO)C(=O)O. The van der Waals surface area contributed by atoms with Gasteiger partial charge >= 0.3 is 5.97 Å². The first-order valence-electron chi connectivity index (χ1n) is 16.1. The molecular formula is C38H38Cl2N4O5. The number of rotatable bonds is 14. The number of carboxylic acid groups (broad SMARTS) is 1. The van der Waals surface area contributed by atoms with Gasteiger partial charge in [-0.2, -0.15) is 0 Å². The van der Waals surface area contributed by atoms with E-state index in [0.29, 0.717) is 34.3 Å². The van der Waals surface area contributed by atoms with Crippen LogP contribution in [0.2, 0.25) is 10.0 Å². The number of aromatic nitrogens is 1. The van der Waals surface area contributed by atoms with Crippen molar-refractivity contribution in [2.24, 2.45) is 0 Å². The fraction of sp³-hybridized carbons (Fsp3) is 0.263. The molecular weight excluding hydrogens is 663 g/mol. The fourth-order valence-corrected chi connectivity index (χ4v) is 6.90. The number of carboxylic acids is 1. The molecule has 1 saturated heterocycles. The second-order valence-electron chi connectivity index (χ2n) is 12.2. The van der Waals surface area contributed by atoms with Gasteiger partial charge in [0.25, 0.3) is 0 Å². The Kier molecular flexibility index (Phi) is 10.9. The summed E-state index contributed by atoms with van der Waals surface area (Å²) in [6, 6.07) is 25.5. The fourth-order valence-electron chi connectivity index (χ4n) is 6.32. The maximum absolute atomic E-state index is 11.4. The molecule has 1 aliphatic heterocycles. The van der Waals surface area contributed by atoms with Crippen molar-refractivity contribution >= 4 is 46.0 Å². The van der Waals surface area contributed by atoms with Gasteiger partial charge in [0.05, 0.1) is 18.7 Å². The van der Waals surface area contributed by atoms with Crippen LogP contribution in [-0.4, -0.2) is 59.0 Å². The third kappa shape index (κ3) is 7.77. The number of carbonyl (C=O) groups is 2. The molecule has 1 unspecified atom stereocenters. The number of carbonyl (C=O) groups excluding carboxylic acids is 1. The highest BCUT2D eigenvalue weighted by atomic mass is 35.5. The average Bonchev–Trinajstić information content (AvgIpc) is 3.72. The molecule has 1 aliphatic rings. The molecule has 9 nitrogen and oxygen atoms in total. The summed E-state index contributed by atoms with van der Waals surface area (Å²) in [6.07, 6.45) is 3.50. The number of hydrogen-bond donors (Lipinski definition) is 5. The molecule has 2 heterocycles. The van der Waals surface area contributed by atoms with Crippen LogP contribution in [0.1, 0.15) is 29.5 Å². The molecule has 1 aromatic heterocycles. The van der Waals surface area contributed by atoms with E-state index in [0.717, 1.165) is 63.8 Å². The van der Waals surface area contributed by atoms with Crippen LogP contribution in [0, 0.1) is 0 Å². The Balaban J connectivity index is 1.20. The van der Waals surface area contributed by atoms with Crippen LogP contribution in [0.4, 0.5) is 0 Å². The van der Waals surface area contributed by atoms with Crippen molar-refractivity contribution in [3.63, 3.8) is 0 Å². The molecule has 5 N–H and O–H groups in total. The molecule has 0 radical (unpaired) electrons. The molecule has 6 rings (SSSR count). The van der Waals surface area contributed by atoms with Crippen LogP contribution in [0.3, 0.4) is 0 Å². The van der Waals surface area contributed by atoms with E-state index in [9.17, 15) is 19.8 Å². The van der Waals surface area contributed by atoms with E-state index in [1.165, 1.54) is 0 Å². The number of aliphatic hydroxyl groups is 1. The highest BCUT2D eigenvalue weighted by Gasteiger charge is 2.20. The third-order valence-corrected chi connectivity index (χ3v) is 9.74. The summed E-state index contributed by atoms with van der Waals surface area (Å²) in [6.45, 7) is 1.59. The first-order chi connectivity index (χ1) is 23.7. The highest BCUT2D eigenvalue weighted by Crippen LogP contribution is 2.40. The number of fused-ring (bicyclic) bond motifs is 1. The number of aliphatic carboxylic acids is 1. The summed E-state index contributed by atoms with van der Waals surface area (Å²) in [4.78, 5) is 22.8. The second kappa shape index (κ2) is 15.4. The first-order valence-corrected chi connectivity index (χ1v) is 16.9. The number of methoxy groups -OCH3 is 1. The van der Waals surface area contributed by atoms with E-state index < -0.39 is 18.6 Å². The number of nitrogens with zero attached hydrogens (tertiary/aromatic N) is 1. The number of ether oxygens (including phenoxy) is 1. The van der Waals surface area contributed by atoms with Crippen molar-refractivity contribution in [2.45, 2.75) is 44.6 Å². The minimum absolute atomic E-state index is 0.127. The smallest absolute Gasteiger partial charge is 0.323 e. The lowest BCUT2D eigenvalue weighted by molar-refractivity contribution is -0.140. The molecule has 0 bridgehead atoms. The molecule has 1 fully saturated rings. The summed E-state index contributed by atoms with van der Waals surface area (Å²) in [7, 11) is 1.55. The number of halogens is 2. The number of aliphatic hydroxyl groups excluding tert-OH is 1. The number of hydrogen-bond acceptors (Lipinski definition) is 6. The van der Waals surface area contributed by atoms with Gasteiger partial charge in [-0.25, -0.2) is 0 Å². The highest BCUT2D eigenvalue weighted by molar-refractivity contribution is 6.36. The molecule has 0 aliphatic carbocycles. The lowest BCUT2D eigenvalue weighted by Gasteiger charge is -2.16. The van der Waals surface area contributed by atoms with Gasteiger partial charge in [-0.15, -0.1) is 0 Å². The quantitative estimate of drug-likeness (QED) is 0.0929. The van der Waals surface area contributed by atoms with Gasteiger partial charge in [-0.1, -0.05) is 77.8 Å². The van der Waals surface area contributed by atoms with Crippen molar-refractivity contribution in [2.75, 3.05) is 20.3 Å². The predicted octanol–water partition coefficient (Wildman–Crippen LogP) is 6.24. The van der Waals surface area contributed by atoms with Crippen molar-refractivity contribution in [1.29, 1.82) is 0 Å². The third-order valence-electron chi connectivity index (χ3n) is 8.98. The number of benzene rings is 4. The molecule has 11 heteroatoms. The summed E-state index contributed by atoms with van der Waals surface area (Å²) < 4.78 is 7.73. The molecule has 1 amide bonds. The van der Waals surface area contributed by atoms with Crippen LogP contribution in [0.15, 0.2) is 85.1 Å². The molecule has 0 spiro atoms. The normalized spacial score (nSPS) is 15.0. The van der Waals surface area contributed by atoms with Crippen LogP contribution in [0.25, 0.3) is 33.2 Å². The summed E-state index contributed by atoms with van der Waals surface area (Å²) in [5.74, 6) is -0.442. The monoisotopic (exact) mass is 700 g/mol. The Bertz CT molecular complexity index is 1980. The van der Waals surface area contributed by atoms with Crippen LogP contribution in [-0.2, 0) is 29.2 Å². The largest absolute Gasteiger partial charge is 0.496 e. The number of nitrogens with one attached hydrogen (secondary N) is 3. The van der Waals surface area contributed by atoms with Gasteiger partial charge in [0, 0.05) is 77.5 Å². The lowest BCUT2D eigenvalue weighted by atomic mass is 9.96. The second-order valence-corrected chi connectivity index (χ2v) is 13.0. The van der Waals surface area contributed by atoms with Crippen LogP contribution >= 0.6 is 23.2 Å². The minimum atomic E-state index is -1.14. The average molecular weight is 702 g/mol. The Morgan fingerprint density at radius 2 is 1.76 bits per heavy atom. The van der Waals surface area contributed by atoms with Gasteiger partial charge in [0.2, 0.25) is 5.91 Å². The van der Waals surface area contributed by atoms with E-state index >= 15 is 0 Å². The van der Waals surface area contributed by atoms with Crippen molar-refractivity contribution < 1.29 is 24.5 Å². The Morgan fingerprint density at radius 3 is 2.47 bits per heavy atom. The van der Waals surface area contributed by atoms with Gasteiger partial charge < -0.3 is 30.2 Å². The van der Waals surface area contributed by atoms with Crippen LogP contribution in [0.5, 0.6) is 5.75 Å². The van der Waals surface area contributed by atoms with Crippen molar-refractivity contribution in [1.82, 2.24) is 20.5 Å². The molecule has 4 aromatic carbocycles. The van der Waals surface area contributed by atoms with Gasteiger partial charge in [0.1, 0.15) is 11.8 Å². The van der Waals surface area contributed by atoms with Gasteiger partial charge in [-0.3, -0.25) is 14.9 Å². The molecule has 254 valence electrons.